The molecule has 2 N–H and O–H groups in total. The number of furan rings is 1. The quantitative estimate of drug-likeness (QED) is 0.629. The minimum Gasteiger partial charge on any atom is -0.459 e. The lowest BCUT2D eigenvalue weighted by molar-refractivity contribution is 0.0952. The monoisotopic (exact) mass is 426 g/mol. The summed E-state index contributed by atoms with van der Waals surface area (Å²) in [4.78, 5) is 32.1. The van der Waals surface area contributed by atoms with Gasteiger partial charge < -0.3 is 24.7 Å². The van der Waals surface area contributed by atoms with E-state index in [1.807, 2.05) is 19.1 Å². The Bertz CT molecular complexity index is 1030. The molecule has 3 aromatic rings. The molecule has 0 aromatic carbocycles. The largest absolute Gasteiger partial charge is 0.459 e. The van der Waals surface area contributed by atoms with Crippen LogP contribution in [0.1, 0.15) is 31.4 Å². The number of carbonyl (C=O) groups is 2. The van der Waals surface area contributed by atoms with Crippen LogP contribution in [-0.4, -0.2) is 43.1 Å². The van der Waals surface area contributed by atoms with Gasteiger partial charge in [0.15, 0.2) is 5.76 Å². The van der Waals surface area contributed by atoms with Crippen LogP contribution in [0.25, 0.3) is 0 Å². The highest BCUT2D eigenvalue weighted by Gasteiger charge is 2.19. The van der Waals surface area contributed by atoms with Gasteiger partial charge in [0.25, 0.3) is 11.8 Å². The van der Waals surface area contributed by atoms with Crippen molar-refractivity contribution in [1.29, 1.82) is 0 Å². The molecule has 4 heterocycles. The molecule has 4 rings (SSSR count). The Hall–Kier alpha value is -3.17. The Morgan fingerprint density at radius 2 is 2.03 bits per heavy atom. The number of carbonyl (C=O) groups excluding carboxylic acids is 2. The third kappa shape index (κ3) is 4.52. The van der Waals surface area contributed by atoms with Gasteiger partial charge in [0.1, 0.15) is 5.82 Å². The number of ether oxygens (including phenoxy) is 1. The maximum Gasteiger partial charge on any atom is 0.291 e. The average molecular weight is 426 g/mol. The van der Waals surface area contributed by atoms with E-state index in [2.05, 4.69) is 20.5 Å². The fourth-order valence-corrected chi connectivity index (χ4v) is 4.22. The molecule has 0 saturated carbocycles. The van der Waals surface area contributed by atoms with E-state index in [0.717, 1.165) is 30.0 Å². The van der Waals surface area contributed by atoms with Gasteiger partial charge in [0.05, 0.1) is 29.4 Å². The smallest absolute Gasteiger partial charge is 0.291 e. The second-order valence-corrected chi connectivity index (χ2v) is 7.87. The first kappa shape index (κ1) is 20.1. The number of hydrogen-bond acceptors (Lipinski definition) is 7. The molecule has 1 aliphatic heterocycles. The van der Waals surface area contributed by atoms with E-state index in [-0.39, 0.29) is 17.6 Å². The highest BCUT2D eigenvalue weighted by atomic mass is 32.1. The van der Waals surface area contributed by atoms with Crippen molar-refractivity contribution in [2.45, 2.75) is 13.5 Å². The SMILES string of the molecule is Cc1cc(NC(=O)c2ccco2)sc1C(=O)NCc1cccnc1N1CCOCC1. The van der Waals surface area contributed by atoms with Crippen LogP contribution in [-0.2, 0) is 11.3 Å². The number of aromatic nitrogens is 1. The summed E-state index contributed by atoms with van der Waals surface area (Å²) in [7, 11) is 0. The van der Waals surface area contributed by atoms with Crippen molar-refractivity contribution in [3.63, 3.8) is 0 Å². The van der Waals surface area contributed by atoms with Crippen LogP contribution in [0.15, 0.2) is 47.2 Å². The van der Waals surface area contributed by atoms with Gasteiger partial charge in [-0.25, -0.2) is 4.98 Å². The molecule has 0 bridgehead atoms. The van der Waals surface area contributed by atoms with E-state index >= 15 is 0 Å². The van der Waals surface area contributed by atoms with E-state index in [4.69, 9.17) is 9.15 Å². The van der Waals surface area contributed by atoms with Crippen LogP contribution in [0, 0.1) is 6.92 Å². The van der Waals surface area contributed by atoms with E-state index in [1.165, 1.54) is 17.6 Å². The number of hydrogen-bond donors (Lipinski definition) is 2. The normalized spacial score (nSPS) is 13.8. The zero-order valence-corrected chi connectivity index (χ0v) is 17.3. The number of pyridine rings is 1. The predicted octanol–water partition coefficient (Wildman–Crippen LogP) is 3.06. The zero-order valence-electron chi connectivity index (χ0n) is 16.5. The molecule has 156 valence electrons. The summed E-state index contributed by atoms with van der Waals surface area (Å²) >= 11 is 1.23. The molecule has 0 spiro atoms. The van der Waals surface area contributed by atoms with Crippen LogP contribution in [0.5, 0.6) is 0 Å². The molecule has 8 nitrogen and oxygen atoms in total. The molecule has 0 atom stereocenters. The Balaban J connectivity index is 1.41. The molecule has 0 aliphatic carbocycles. The van der Waals surface area contributed by atoms with E-state index in [0.29, 0.717) is 29.6 Å². The molecular weight excluding hydrogens is 404 g/mol. The molecule has 9 heteroatoms. The van der Waals surface area contributed by atoms with Crippen LogP contribution in [0.4, 0.5) is 10.8 Å². The van der Waals surface area contributed by atoms with Crippen LogP contribution in [0.2, 0.25) is 0 Å². The number of nitrogens with one attached hydrogen (secondary N) is 2. The summed E-state index contributed by atoms with van der Waals surface area (Å²) in [6.07, 6.45) is 3.20. The van der Waals surface area contributed by atoms with Crippen LogP contribution >= 0.6 is 11.3 Å². The molecule has 0 radical (unpaired) electrons. The molecule has 30 heavy (non-hydrogen) atoms. The first-order valence-electron chi connectivity index (χ1n) is 9.62. The third-order valence-corrected chi connectivity index (χ3v) is 5.87. The molecular formula is C21H22N4O4S. The number of nitrogens with zero attached hydrogens (tertiary/aromatic N) is 2. The minimum atomic E-state index is -0.348. The number of thiophene rings is 1. The summed E-state index contributed by atoms with van der Waals surface area (Å²) < 4.78 is 10.5. The lowest BCUT2D eigenvalue weighted by Gasteiger charge is -2.29. The third-order valence-electron chi connectivity index (χ3n) is 4.72. The second kappa shape index (κ2) is 9.10. The Morgan fingerprint density at radius 1 is 1.20 bits per heavy atom. The van der Waals surface area contributed by atoms with Crippen molar-refractivity contribution in [1.82, 2.24) is 10.3 Å². The van der Waals surface area contributed by atoms with Crippen molar-refractivity contribution >= 4 is 34.0 Å². The highest BCUT2D eigenvalue weighted by Crippen LogP contribution is 2.27. The van der Waals surface area contributed by atoms with Crippen molar-refractivity contribution < 1.29 is 18.7 Å². The fraction of sp³-hybridized carbons (Fsp3) is 0.286. The number of amides is 2. The summed E-state index contributed by atoms with van der Waals surface area (Å²) in [5.41, 5.74) is 1.75. The van der Waals surface area contributed by atoms with Gasteiger partial charge in [-0.15, -0.1) is 11.3 Å². The Labute approximate surface area is 177 Å². The molecule has 0 unspecified atom stereocenters. The maximum absolute atomic E-state index is 12.8. The van der Waals surface area contributed by atoms with Gasteiger partial charge in [-0.1, -0.05) is 6.07 Å². The van der Waals surface area contributed by atoms with Gasteiger partial charge >= 0.3 is 0 Å². The highest BCUT2D eigenvalue weighted by molar-refractivity contribution is 7.18. The topological polar surface area (TPSA) is 96.7 Å². The van der Waals surface area contributed by atoms with E-state index in [9.17, 15) is 9.59 Å². The lowest BCUT2D eigenvalue weighted by Crippen LogP contribution is -2.37. The summed E-state index contributed by atoms with van der Waals surface area (Å²) in [6, 6.07) is 8.85. The maximum atomic E-state index is 12.8. The van der Waals surface area contributed by atoms with E-state index in [1.54, 1.807) is 24.4 Å². The molecule has 1 aliphatic rings. The van der Waals surface area contributed by atoms with Crippen LogP contribution in [0.3, 0.4) is 0 Å². The Kier molecular flexibility index (Phi) is 6.10. The van der Waals surface area contributed by atoms with Crippen LogP contribution < -0.4 is 15.5 Å². The summed E-state index contributed by atoms with van der Waals surface area (Å²) in [6.45, 7) is 5.11. The van der Waals surface area contributed by atoms with Crippen molar-refractivity contribution in [3.8, 4) is 0 Å². The molecule has 3 aromatic heterocycles. The summed E-state index contributed by atoms with van der Waals surface area (Å²) in [5, 5.41) is 6.33. The van der Waals surface area contributed by atoms with E-state index < -0.39 is 0 Å². The van der Waals surface area contributed by atoms with Gasteiger partial charge in [-0.3, -0.25) is 9.59 Å². The number of rotatable bonds is 6. The van der Waals surface area contributed by atoms with Crippen molar-refractivity contribution in [2.75, 3.05) is 36.5 Å². The van der Waals surface area contributed by atoms with Gasteiger partial charge in [0.2, 0.25) is 0 Å². The number of aryl methyl sites for hydroxylation is 1. The Morgan fingerprint density at radius 3 is 2.80 bits per heavy atom. The van der Waals surface area contributed by atoms with Crippen molar-refractivity contribution in [2.24, 2.45) is 0 Å². The molecule has 1 saturated heterocycles. The number of anilines is 2. The molecule has 1 fully saturated rings. The first-order chi connectivity index (χ1) is 14.6. The van der Waals surface area contributed by atoms with Gasteiger partial charge in [0, 0.05) is 31.4 Å². The number of morpholine rings is 1. The lowest BCUT2D eigenvalue weighted by atomic mass is 10.2. The molecule has 2 amide bonds. The van der Waals surface area contributed by atoms with Gasteiger partial charge in [-0.2, -0.15) is 0 Å². The minimum absolute atomic E-state index is 0.187. The standard InChI is InChI=1S/C21H22N4O4S/c1-14-12-17(24-20(26)16-5-3-9-29-16)30-18(14)21(27)23-13-15-4-2-6-22-19(15)25-7-10-28-11-8-25/h2-6,9,12H,7-8,10-11,13H2,1H3,(H,23,27)(H,24,26). The first-order valence-corrected chi connectivity index (χ1v) is 10.4. The van der Waals surface area contributed by atoms with Crippen molar-refractivity contribution in [3.05, 3.63) is 64.6 Å². The predicted molar refractivity (Wildman–Crippen MR) is 114 cm³/mol. The average Bonchev–Trinajstić information content (AvgIpc) is 3.43. The zero-order chi connectivity index (χ0) is 20.9. The fourth-order valence-electron chi connectivity index (χ4n) is 3.23. The summed E-state index contributed by atoms with van der Waals surface area (Å²) in [5.74, 6) is 0.557. The second-order valence-electron chi connectivity index (χ2n) is 6.82. The van der Waals surface area contributed by atoms with Gasteiger partial charge in [-0.05, 0) is 36.8 Å².